The second kappa shape index (κ2) is 8.93. The van der Waals surface area contributed by atoms with E-state index in [2.05, 4.69) is 14.6 Å². The zero-order valence-electron chi connectivity index (χ0n) is 18.1. The summed E-state index contributed by atoms with van der Waals surface area (Å²) < 4.78 is 28.6. The maximum atomic E-state index is 13.0. The molecule has 1 N–H and O–H groups in total. The van der Waals surface area contributed by atoms with E-state index in [1.807, 2.05) is 17.0 Å². The van der Waals surface area contributed by atoms with Gasteiger partial charge in [-0.2, -0.15) is 0 Å². The Morgan fingerprint density at radius 2 is 1.82 bits per heavy atom. The van der Waals surface area contributed by atoms with Crippen molar-refractivity contribution in [3.63, 3.8) is 0 Å². The molecule has 0 atom stereocenters. The molecule has 1 aromatic heterocycles. The number of benzene rings is 2. The molecular formula is C24H25ClN4O3S. The summed E-state index contributed by atoms with van der Waals surface area (Å²) in [6.07, 6.45) is 4.20. The Kier molecular flexibility index (Phi) is 5.99. The van der Waals surface area contributed by atoms with Crippen molar-refractivity contribution >= 4 is 44.1 Å². The number of hydrogen-bond donors (Lipinski definition) is 1. The fourth-order valence-corrected chi connectivity index (χ4v) is 5.72. The molecule has 1 saturated heterocycles. The van der Waals surface area contributed by atoms with E-state index in [1.165, 1.54) is 25.0 Å². The van der Waals surface area contributed by atoms with Crippen LogP contribution in [0.4, 0.5) is 5.69 Å². The number of fused-ring (bicyclic) bond motifs is 1. The largest absolute Gasteiger partial charge is 0.336 e. The number of anilines is 1. The fourth-order valence-electron chi connectivity index (χ4n) is 4.22. The van der Waals surface area contributed by atoms with Crippen LogP contribution >= 0.6 is 11.6 Å². The maximum absolute atomic E-state index is 13.0. The van der Waals surface area contributed by atoms with Gasteiger partial charge in [-0.1, -0.05) is 29.8 Å². The number of hydrogen-bond acceptors (Lipinski definition) is 5. The molecule has 0 bridgehead atoms. The third-order valence-corrected chi connectivity index (χ3v) is 7.94. The number of amides is 1. The first-order chi connectivity index (χ1) is 15.9. The van der Waals surface area contributed by atoms with Crippen LogP contribution in [0.15, 0.2) is 59.6 Å². The molecule has 1 amide bonds. The van der Waals surface area contributed by atoms with Gasteiger partial charge in [0.2, 0.25) is 0 Å². The van der Waals surface area contributed by atoms with Crippen LogP contribution in [-0.2, 0) is 10.0 Å². The number of carbonyl (C=O) groups is 1. The minimum absolute atomic E-state index is 0.0842. The summed E-state index contributed by atoms with van der Waals surface area (Å²) in [5.74, 6) is 0.710. The van der Waals surface area contributed by atoms with Gasteiger partial charge in [0.15, 0.2) is 0 Å². The van der Waals surface area contributed by atoms with E-state index in [0.29, 0.717) is 29.9 Å². The third-order valence-electron chi connectivity index (χ3n) is 6.21. The topological polar surface area (TPSA) is 82.6 Å². The number of rotatable bonds is 6. The van der Waals surface area contributed by atoms with Crippen LogP contribution in [0.1, 0.15) is 23.2 Å². The van der Waals surface area contributed by atoms with Crippen molar-refractivity contribution in [1.82, 2.24) is 14.8 Å². The molecule has 3 aromatic rings. The number of nitrogens with zero attached hydrogens (tertiary/aromatic N) is 3. The van der Waals surface area contributed by atoms with Crippen LogP contribution in [0.3, 0.4) is 0 Å². The molecule has 9 heteroatoms. The van der Waals surface area contributed by atoms with Crippen molar-refractivity contribution in [1.29, 1.82) is 0 Å². The van der Waals surface area contributed by atoms with Crippen molar-refractivity contribution in [2.75, 3.05) is 37.4 Å². The highest BCUT2D eigenvalue weighted by atomic mass is 35.5. The smallest absolute Gasteiger partial charge is 0.264 e. The second-order valence-electron chi connectivity index (χ2n) is 8.67. The monoisotopic (exact) mass is 484 g/mol. The molecule has 1 aliphatic carbocycles. The van der Waals surface area contributed by atoms with Gasteiger partial charge in [0.1, 0.15) is 4.90 Å². The molecule has 33 heavy (non-hydrogen) atoms. The van der Waals surface area contributed by atoms with Crippen molar-refractivity contribution in [3.8, 4) is 0 Å². The van der Waals surface area contributed by atoms with Gasteiger partial charge in [0, 0.05) is 44.3 Å². The van der Waals surface area contributed by atoms with Crippen LogP contribution in [0.2, 0.25) is 5.02 Å². The molecule has 1 saturated carbocycles. The molecule has 0 radical (unpaired) electrons. The minimum atomic E-state index is -3.89. The highest BCUT2D eigenvalue weighted by Gasteiger charge is 2.28. The van der Waals surface area contributed by atoms with Crippen LogP contribution in [0, 0.1) is 5.92 Å². The highest BCUT2D eigenvalue weighted by Crippen LogP contribution is 2.30. The van der Waals surface area contributed by atoms with E-state index in [1.54, 1.807) is 30.5 Å². The fraction of sp³-hybridized carbons (Fsp3) is 0.333. The number of piperazine rings is 1. The zero-order chi connectivity index (χ0) is 23.0. The third kappa shape index (κ3) is 4.83. The van der Waals surface area contributed by atoms with Crippen molar-refractivity contribution in [2.24, 2.45) is 5.92 Å². The SMILES string of the molecule is O=C(c1ccc(NS(=O)(=O)c2cccc3cccnc23)cc1Cl)N1CCN(CC2CC2)CC1. The molecule has 2 heterocycles. The minimum Gasteiger partial charge on any atom is -0.336 e. The summed E-state index contributed by atoms with van der Waals surface area (Å²) in [5.41, 5.74) is 1.06. The average Bonchev–Trinajstić information content (AvgIpc) is 3.63. The van der Waals surface area contributed by atoms with Crippen molar-refractivity contribution < 1.29 is 13.2 Å². The van der Waals surface area contributed by atoms with Crippen molar-refractivity contribution in [3.05, 3.63) is 65.3 Å². The second-order valence-corrected chi connectivity index (χ2v) is 10.7. The Bertz CT molecular complexity index is 1300. The Balaban J connectivity index is 1.30. The first kappa shape index (κ1) is 22.1. The molecule has 5 rings (SSSR count). The number of nitrogens with one attached hydrogen (secondary N) is 1. The van der Waals surface area contributed by atoms with Crippen LogP contribution in [0.25, 0.3) is 10.9 Å². The average molecular weight is 485 g/mol. The molecular weight excluding hydrogens is 460 g/mol. The molecule has 172 valence electrons. The molecule has 2 aromatic carbocycles. The number of carbonyl (C=O) groups excluding carboxylic acids is 1. The van der Waals surface area contributed by atoms with E-state index in [-0.39, 0.29) is 15.8 Å². The number of halogens is 1. The zero-order valence-corrected chi connectivity index (χ0v) is 19.6. The summed E-state index contributed by atoms with van der Waals surface area (Å²) in [7, 11) is -3.89. The molecule has 0 unspecified atom stereocenters. The lowest BCUT2D eigenvalue weighted by Crippen LogP contribution is -2.49. The summed E-state index contributed by atoms with van der Waals surface area (Å²) >= 11 is 6.41. The van der Waals surface area contributed by atoms with Gasteiger partial charge in [-0.3, -0.25) is 19.4 Å². The van der Waals surface area contributed by atoms with E-state index in [0.717, 1.165) is 30.9 Å². The van der Waals surface area contributed by atoms with E-state index < -0.39 is 10.0 Å². The van der Waals surface area contributed by atoms with Crippen LogP contribution < -0.4 is 4.72 Å². The van der Waals surface area contributed by atoms with E-state index >= 15 is 0 Å². The molecule has 2 aliphatic rings. The van der Waals surface area contributed by atoms with Crippen molar-refractivity contribution in [2.45, 2.75) is 17.7 Å². The molecule has 0 spiro atoms. The Hall–Kier alpha value is -2.68. The Labute approximate surface area is 198 Å². The number of pyridine rings is 1. The van der Waals surface area contributed by atoms with Gasteiger partial charge in [-0.05, 0) is 49.1 Å². The Morgan fingerprint density at radius 3 is 2.55 bits per heavy atom. The van der Waals surface area contributed by atoms with Crippen LogP contribution in [-0.4, -0.2) is 61.8 Å². The lowest BCUT2D eigenvalue weighted by atomic mass is 10.1. The quantitative estimate of drug-likeness (QED) is 0.574. The van der Waals surface area contributed by atoms with Gasteiger partial charge in [-0.25, -0.2) is 8.42 Å². The first-order valence-corrected chi connectivity index (χ1v) is 12.9. The van der Waals surface area contributed by atoms with E-state index in [9.17, 15) is 13.2 Å². The summed E-state index contributed by atoms with van der Waals surface area (Å²) in [6, 6.07) is 13.2. The number of aromatic nitrogens is 1. The molecule has 7 nitrogen and oxygen atoms in total. The van der Waals surface area contributed by atoms with Gasteiger partial charge in [0.05, 0.1) is 21.8 Å². The molecule has 1 aliphatic heterocycles. The predicted molar refractivity (Wildman–Crippen MR) is 129 cm³/mol. The standard InChI is InChI=1S/C24H25ClN4O3S/c25-21-15-19(27-33(31,32)22-5-1-3-18-4-2-10-26-23(18)22)8-9-20(21)24(30)29-13-11-28(12-14-29)16-17-6-7-17/h1-5,8-10,15,17,27H,6-7,11-14,16H2. The van der Waals surface area contributed by atoms with Gasteiger partial charge in [0.25, 0.3) is 15.9 Å². The number of sulfonamides is 1. The lowest BCUT2D eigenvalue weighted by molar-refractivity contribution is 0.0632. The normalized spacial score (nSPS) is 17.3. The van der Waals surface area contributed by atoms with Crippen LogP contribution in [0.5, 0.6) is 0 Å². The lowest BCUT2D eigenvalue weighted by Gasteiger charge is -2.35. The van der Waals surface area contributed by atoms with Gasteiger partial charge >= 0.3 is 0 Å². The summed E-state index contributed by atoms with van der Waals surface area (Å²) in [4.78, 5) is 21.5. The number of para-hydroxylation sites is 1. The van der Waals surface area contributed by atoms with E-state index in [4.69, 9.17) is 11.6 Å². The van der Waals surface area contributed by atoms with Gasteiger partial charge < -0.3 is 4.90 Å². The summed E-state index contributed by atoms with van der Waals surface area (Å²) in [6.45, 7) is 4.21. The highest BCUT2D eigenvalue weighted by molar-refractivity contribution is 7.93. The Morgan fingerprint density at radius 1 is 1.06 bits per heavy atom. The van der Waals surface area contributed by atoms with Gasteiger partial charge in [-0.15, -0.1) is 0 Å². The first-order valence-electron chi connectivity index (χ1n) is 11.1. The summed E-state index contributed by atoms with van der Waals surface area (Å²) in [5, 5.41) is 0.952. The molecule has 2 fully saturated rings. The predicted octanol–water partition coefficient (Wildman–Crippen LogP) is 3.86. The maximum Gasteiger partial charge on any atom is 0.264 e.